The maximum Gasteiger partial charge on any atom is 0.338 e. The molecule has 0 spiro atoms. The summed E-state index contributed by atoms with van der Waals surface area (Å²) >= 11 is 11.6. The fraction of sp³-hybridized carbons (Fsp3) is 0.0667. The molecule has 8 heteroatoms. The van der Waals surface area contributed by atoms with E-state index in [0.29, 0.717) is 0 Å². The molecule has 2 aromatic rings. The minimum absolute atomic E-state index is 0.124. The molecule has 0 unspecified atom stereocenters. The van der Waals surface area contributed by atoms with Gasteiger partial charge >= 0.3 is 5.97 Å². The summed E-state index contributed by atoms with van der Waals surface area (Å²) in [6.07, 6.45) is 0. The Balaban J connectivity index is 2.00. The zero-order chi connectivity index (χ0) is 17.0. The highest BCUT2D eigenvalue weighted by Crippen LogP contribution is 2.20. The number of hydrogen-bond donors (Lipinski definition) is 0. The second-order valence-electron chi connectivity index (χ2n) is 4.46. The molecule has 0 fully saturated rings. The molecule has 0 N–H and O–H groups in total. The van der Waals surface area contributed by atoms with E-state index in [0.717, 1.165) is 0 Å². The zero-order valence-electron chi connectivity index (χ0n) is 11.5. The van der Waals surface area contributed by atoms with Crippen molar-refractivity contribution >= 4 is 40.6 Å². The molecule has 0 saturated heterocycles. The second kappa shape index (κ2) is 7.21. The number of nitro groups is 1. The van der Waals surface area contributed by atoms with E-state index in [1.54, 1.807) is 0 Å². The number of ether oxygens (including phenoxy) is 1. The first-order chi connectivity index (χ1) is 10.9. The summed E-state index contributed by atoms with van der Waals surface area (Å²) in [6.45, 7) is -0.499. The first-order valence-electron chi connectivity index (χ1n) is 6.27. The Hall–Kier alpha value is -2.44. The number of Topliss-reactive ketones (excluding diaryl/α,β-unsaturated/α-hetero) is 1. The molecule has 118 valence electrons. The number of carbonyl (C=O) groups is 2. The summed E-state index contributed by atoms with van der Waals surface area (Å²) in [6, 6.07) is 9.19. The Labute approximate surface area is 140 Å². The molecule has 0 atom stereocenters. The van der Waals surface area contributed by atoms with Crippen LogP contribution in [0.5, 0.6) is 0 Å². The van der Waals surface area contributed by atoms with Gasteiger partial charge in [0.15, 0.2) is 12.4 Å². The summed E-state index contributed by atoms with van der Waals surface area (Å²) < 4.78 is 4.89. The highest BCUT2D eigenvalue weighted by atomic mass is 35.5. The van der Waals surface area contributed by atoms with Gasteiger partial charge in [-0.15, -0.1) is 0 Å². The Kier molecular flexibility index (Phi) is 5.31. The minimum atomic E-state index is -0.746. The van der Waals surface area contributed by atoms with E-state index in [1.807, 2.05) is 0 Å². The van der Waals surface area contributed by atoms with Crippen molar-refractivity contribution in [3.8, 4) is 0 Å². The van der Waals surface area contributed by atoms with Crippen LogP contribution < -0.4 is 0 Å². The lowest BCUT2D eigenvalue weighted by atomic mass is 10.1. The molecular weight excluding hydrogens is 345 g/mol. The van der Waals surface area contributed by atoms with E-state index >= 15 is 0 Å². The molecule has 2 aromatic carbocycles. The summed E-state index contributed by atoms with van der Waals surface area (Å²) in [7, 11) is 0. The summed E-state index contributed by atoms with van der Waals surface area (Å²) in [5, 5.41) is 11.1. The van der Waals surface area contributed by atoms with Crippen molar-refractivity contribution in [1.29, 1.82) is 0 Å². The number of non-ortho nitro benzene ring substituents is 1. The Morgan fingerprint density at radius 3 is 2.09 bits per heavy atom. The SMILES string of the molecule is O=C(COC(=O)c1cc(Cl)cc(Cl)c1)c1ccc([N+](=O)[O-])cc1. The highest BCUT2D eigenvalue weighted by Gasteiger charge is 2.14. The fourth-order valence-electron chi connectivity index (χ4n) is 1.74. The monoisotopic (exact) mass is 353 g/mol. The number of benzene rings is 2. The third-order valence-corrected chi connectivity index (χ3v) is 3.27. The van der Waals surface area contributed by atoms with Crippen LogP contribution >= 0.6 is 23.2 Å². The van der Waals surface area contributed by atoms with Crippen LogP contribution in [0.2, 0.25) is 10.0 Å². The second-order valence-corrected chi connectivity index (χ2v) is 5.33. The van der Waals surface area contributed by atoms with Gasteiger partial charge in [-0.3, -0.25) is 14.9 Å². The quantitative estimate of drug-likeness (QED) is 0.351. The minimum Gasteiger partial charge on any atom is -0.454 e. The summed E-state index contributed by atoms with van der Waals surface area (Å²) in [4.78, 5) is 33.7. The van der Waals surface area contributed by atoms with Crippen molar-refractivity contribution in [3.63, 3.8) is 0 Å². The molecule has 0 aromatic heterocycles. The number of nitrogens with zero attached hydrogens (tertiary/aromatic N) is 1. The fourth-order valence-corrected chi connectivity index (χ4v) is 2.26. The molecule has 0 saturated carbocycles. The van der Waals surface area contributed by atoms with Crippen LogP contribution in [-0.4, -0.2) is 23.3 Å². The molecular formula is C15H9Cl2NO5. The van der Waals surface area contributed by atoms with Gasteiger partial charge in [0, 0.05) is 27.7 Å². The van der Waals surface area contributed by atoms with E-state index in [2.05, 4.69) is 0 Å². The van der Waals surface area contributed by atoms with Crippen molar-refractivity contribution in [2.24, 2.45) is 0 Å². The van der Waals surface area contributed by atoms with Crippen LogP contribution in [0.4, 0.5) is 5.69 Å². The first kappa shape index (κ1) is 16.9. The van der Waals surface area contributed by atoms with Crippen LogP contribution in [-0.2, 0) is 4.74 Å². The van der Waals surface area contributed by atoms with Gasteiger partial charge < -0.3 is 4.74 Å². The third kappa shape index (κ3) is 4.51. The molecule has 23 heavy (non-hydrogen) atoms. The average molecular weight is 354 g/mol. The molecule has 0 bridgehead atoms. The molecule has 0 radical (unpaired) electrons. The van der Waals surface area contributed by atoms with Crippen LogP contribution in [0.1, 0.15) is 20.7 Å². The van der Waals surface area contributed by atoms with Gasteiger partial charge in [0.1, 0.15) is 0 Å². The molecule has 0 aliphatic heterocycles. The standard InChI is InChI=1S/C15H9Cl2NO5/c16-11-5-10(6-12(17)7-11)15(20)23-8-14(19)9-1-3-13(4-2-9)18(21)22/h1-7H,8H2. The van der Waals surface area contributed by atoms with E-state index in [1.165, 1.54) is 42.5 Å². The Morgan fingerprint density at radius 1 is 1.00 bits per heavy atom. The molecule has 0 aliphatic carbocycles. The van der Waals surface area contributed by atoms with Gasteiger partial charge in [-0.25, -0.2) is 4.79 Å². The van der Waals surface area contributed by atoms with Crippen LogP contribution in [0.15, 0.2) is 42.5 Å². The largest absolute Gasteiger partial charge is 0.454 e. The maximum atomic E-state index is 11.9. The number of ketones is 1. The highest BCUT2D eigenvalue weighted by molar-refractivity contribution is 6.35. The van der Waals surface area contributed by atoms with Gasteiger partial charge in [0.2, 0.25) is 0 Å². The number of halogens is 2. The van der Waals surface area contributed by atoms with E-state index < -0.39 is 23.3 Å². The number of nitro benzene ring substituents is 1. The van der Waals surface area contributed by atoms with E-state index in [4.69, 9.17) is 27.9 Å². The smallest absolute Gasteiger partial charge is 0.338 e. The van der Waals surface area contributed by atoms with Gasteiger partial charge in [0.25, 0.3) is 5.69 Å². The maximum absolute atomic E-state index is 11.9. The molecule has 0 amide bonds. The first-order valence-corrected chi connectivity index (χ1v) is 7.03. The van der Waals surface area contributed by atoms with Crippen molar-refractivity contribution < 1.29 is 19.2 Å². The molecule has 6 nitrogen and oxygen atoms in total. The lowest BCUT2D eigenvalue weighted by molar-refractivity contribution is -0.384. The van der Waals surface area contributed by atoms with Gasteiger partial charge in [-0.05, 0) is 30.3 Å². The van der Waals surface area contributed by atoms with Crippen molar-refractivity contribution in [3.05, 3.63) is 73.8 Å². The summed E-state index contributed by atoms with van der Waals surface area (Å²) in [5.41, 5.74) is 0.193. The lowest BCUT2D eigenvalue weighted by Gasteiger charge is -2.05. The number of hydrogen-bond acceptors (Lipinski definition) is 5. The van der Waals surface area contributed by atoms with Gasteiger partial charge in [-0.2, -0.15) is 0 Å². The average Bonchev–Trinajstić information content (AvgIpc) is 2.51. The van der Waals surface area contributed by atoms with Gasteiger partial charge in [-0.1, -0.05) is 23.2 Å². The normalized spacial score (nSPS) is 10.2. The van der Waals surface area contributed by atoms with Gasteiger partial charge in [0.05, 0.1) is 10.5 Å². The van der Waals surface area contributed by atoms with Crippen LogP contribution in [0.25, 0.3) is 0 Å². The number of rotatable bonds is 5. The van der Waals surface area contributed by atoms with Crippen LogP contribution in [0, 0.1) is 10.1 Å². The predicted octanol–water partition coefficient (Wildman–Crippen LogP) is 3.94. The third-order valence-electron chi connectivity index (χ3n) is 2.83. The van der Waals surface area contributed by atoms with E-state index in [-0.39, 0.29) is 26.9 Å². The zero-order valence-corrected chi connectivity index (χ0v) is 13.0. The summed E-state index contributed by atoms with van der Waals surface area (Å²) in [5.74, 6) is -1.23. The number of esters is 1. The molecule has 0 heterocycles. The number of carbonyl (C=O) groups excluding carboxylic acids is 2. The van der Waals surface area contributed by atoms with Crippen molar-refractivity contribution in [2.45, 2.75) is 0 Å². The van der Waals surface area contributed by atoms with Crippen molar-refractivity contribution in [2.75, 3.05) is 6.61 Å². The van der Waals surface area contributed by atoms with Crippen molar-refractivity contribution in [1.82, 2.24) is 0 Å². The lowest BCUT2D eigenvalue weighted by Crippen LogP contribution is -2.14. The molecule has 0 aliphatic rings. The van der Waals surface area contributed by atoms with E-state index in [9.17, 15) is 19.7 Å². The molecule has 2 rings (SSSR count). The van der Waals surface area contributed by atoms with Crippen LogP contribution in [0.3, 0.4) is 0 Å². The predicted molar refractivity (Wildman–Crippen MR) is 84.2 cm³/mol. The Bertz CT molecular complexity index is 754. The topological polar surface area (TPSA) is 86.5 Å². The Morgan fingerprint density at radius 2 is 1.57 bits per heavy atom.